The minimum absolute atomic E-state index is 0.102. The molecule has 0 amide bonds. The van der Waals surface area contributed by atoms with Gasteiger partial charge in [-0.05, 0) is 36.1 Å². The fourth-order valence-electron chi connectivity index (χ4n) is 4.47. The van der Waals surface area contributed by atoms with Crippen LogP contribution in [0.15, 0.2) is 48.5 Å². The van der Waals surface area contributed by atoms with Crippen LogP contribution in [0.1, 0.15) is 29.5 Å². The molecule has 2 aliphatic rings. The molecular formula is C21H21F4NO2. The van der Waals surface area contributed by atoms with E-state index >= 15 is 0 Å². The Morgan fingerprint density at radius 1 is 1.04 bits per heavy atom. The maximum atomic E-state index is 13.5. The Hall–Kier alpha value is -1.96. The summed E-state index contributed by atoms with van der Waals surface area (Å²) in [6.45, 7) is 1.33. The van der Waals surface area contributed by atoms with E-state index in [9.17, 15) is 22.7 Å². The minimum atomic E-state index is -4.74. The van der Waals surface area contributed by atoms with Gasteiger partial charge in [-0.15, -0.1) is 0 Å². The molecule has 150 valence electrons. The van der Waals surface area contributed by atoms with Crippen LogP contribution in [0.2, 0.25) is 0 Å². The lowest BCUT2D eigenvalue weighted by Crippen LogP contribution is -2.60. The number of alkyl halides is 3. The predicted octanol–water partition coefficient (Wildman–Crippen LogP) is 4.10. The molecule has 2 aromatic carbocycles. The summed E-state index contributed by atoms with van der Waals surface area (Å²) in [7, 11) is 0. The number of hydrogen-bond donors (Lipinski definition) is 1. The Kier molecular flexibility index (Phi) is 4.93. The van der Waals surface area contributed by atoms with Gasteiger partial charge in [0, 0.05) is 18.6 Å². The Labute approximate surface area is 160 Å². The standard InChI is InChI=1S/C21H21F4NO2/c22-15-6-7-18(19(8-15)21(23,24)25)20(27)9-16-12-28-13-17(10-20)26(16)11-14-4-2-1-3-5-14/h1-8,16-17,27H,9-13H2. The van der Waals surface area contributed by atoms with Crippen molar-refractivity contribution >= 4 is 0 Å². The molecule has 7 heteroatoms. The van der Waals surface area contributed by atoms with Crippen molar-refractivity contribution in [2.24, 2.45) is 0 Å². The van der Waals surface area contributed by atoms with Gasteiger partial charge in [0.05, 0.1) is 24.4 Å². The third-order valence-corrected chi connectivity index (χ3v) is 5.70. The largest absolute Gasteiger partial charge is 0.416 e. The molecule has 28 heavy (non-hydrogen) atoms. The molecule has 2 fully saturated rings. The van der Waals surface area contributed by atoms with E-state index in [4.69, 9.17) is 4.74 Å². The predicted molar refractivity (Wildman–Crippen MR) is 94.9 cm³/mol. The van der Waals surface area contributed by atoms with Crippen LogP contribution in [0, 0.1) is 5.82 Å². The average Bonchev–Trinajstić information content (AvgIpc) is 2.63. The van der Waals surface area contributed by atoms with Crippen LogP contribution in [0.4, 0.5) is 17.6 Å². The second-order valence-corrected chi connectivity index (χ2v) is 7.63. The quantitative estimate of drug-likeness (QED) is 0.795. The molecule has 2 bridgehead atoms. The summed E-state index contributed by atoms with van der Waals surface area (Å²) in [5.41, 5.74) is -1.93. The third kappa shape index (κ3) is 3.66. The number of fused-ring (bicyclic) bond motifs is 2. The number of halogens is 4. The molecule has 2 aromatic rings. The highest BCUT2D eigenvalue weighted by atomic mass is 19.4. The zero-order chi connectivity index (χ0) is 19.9. The fourth-order valence-corrected chi connectivity index (χ4v) is 4.47. The van der Waals surface area contributed by atoms with E-state index in [1.54, 1.807) is 0 Å². The van der Waals surface area contributed by atoms with Crippen LogP contribution in [-0.4, -0.2) is 35.3 Å². The van der Waals surface area contributed by atoms with Gasteiger partial charge in [-0.25, -0.2) is 4.39 Å². The first-order valence-electron chi connectivity index (χ1n) is 9.23. The van der Waals surface area contributed by atoms with Gasteiger partial charge in [-0.3, -0.25) is 4.90 Å². The lowest BCUT2D eigenvalue weighted by molar-refractivity contribution is -0.160. The number of hydrogen-bond acceptors (Lipinski definition) is 3. The van der Waals surface area contributed by atoms with Crippen molar-refractivity contribution in [1.82, 2.24) is 4.90 Å². The average molecular weight is 395 g/mol. The summed E-state index contributed by atoms with van der Waals surface area (Å²) in [6.07, 6.45) is -4.53. The molecule has 0 spiro atoms. The normalized spacial score (nSPS) is 28.3. The van der Waals surface area contributed by atoms with Crippen molar-refractivity contribution in [2.75, 3.05) is 13.2 Å². The molecule has 2 atom stereocenters. The van der Waals surface area contributed by atoms with Crippen LogP contribution in [-0.2, 0) is 23.1 Å². The minimum Gasteiger partial charge on any atom is -0.385 e. The summed E-state index contributed by atoms with van der Waals surface area (Å²) in [4.78, 5) is 2.20. The van der Waals surface area contributed by atoms with E-state index in [-0.39, 0.29) is 30.5 Å². The lowest BCUT2D eigenvalue weighted by Gasteiger charge is -2.52. The van der Waals surface area contributed by atoms with Crippen molar-refractivity contribution in [3.8, 4) is 0 Å². The second-order valence-electron chi connectivity index (χ2n) is 7.63. The van der Waals surface area contributed by atoms with Crippen LogP contribution < -0.4 is 0 Å². The van der Waals surface area contributed by atoms with Crippen molar-refractivity contribution in [3.63, 3.8) is 0 Å². The Balaban J connectivity index is 1.65. The van der Waals surface area contributed by atoms with E-state index < -0.39 is 23.2 Å². The zero-order valence-corrected chi connectivity index (χ0v) is 15.1. The number of aliphatic hydroxyl groups is 1. The first-order valence-corrected chi connectivity index (χ1v) is 9.23. The number of piperidine rings is 1. The maximum absolute atomic E-state index is 13.5. The van der Waals surface area contributed by atoms with Crippen LogP contribution in [0.3, 0.4) is 0 Å². The maximum Gasteiger partial charge on any atom is 0.416 e. The molecule has 3 nitrogen and oxygen atoms in total. The van der Waals surface area contributed by atoms with Crippen LogP contribution >= 0.6 is 0 Å². The van der Waals surface area contributed by atoms with E-state index in [1.807, 2.05) is 30.3 Å². The molecule has 2 saturated heterocycles. The Morgan fingerprint density at radius 2 is 1.68 bits per heavy atom. The molecule has 2 unspecified atom stereocenters. The highest BCUT2D eigenvalue weighted by molar-refractivity contribution is 5.36. The third-order valence-electron chi connectivity index (χ3n) is 5.70. The number of rotatable bonds is 3. The highest BCUT2D eigenvalue weighted by Gasteiger charge is 2.50. The molecule has 0 aromatic heterocycles. The number of morpholine rings is 1. The van der Waals surface area contributed by atoms with Gasteiger partial charge in [0.1, 0.15) is 5.82 Å². The number of nitrogens with zero attached hydrogens (tertiary/aromatic N) is 1. The highest BCUT2D eigenvalue weighted by Crippen LogP contribution is 2.46. The topological polar surface area (TPSA) is 32.7 Å². The van der Waals surface area contributed by atoms with Crippen LogP contribution in [0.25, 0.3) is 0 Å². The van der Waals surface area contributed by atoms with E-state index in [0.29, 0.717) is 25.8 Å². The summed E-state index contributed by atoms with van der Waals surface area (Å²) in [5, 5.41) is 11.3. The SMILES string of the molecule is OC1(c2ccc(F)cc2C(F)(F)F)CC2COCC(C1)N2Cc1ccccc1. The first-order chi connectivity index (χ1) is 13.3. The smallest absolute Gasteiger partial charge is 0.385 e. The van der Waals surface area contributed by atoms with Crippen molar-refractivity contribution in [3.05, 3.63) is 71.0 Å². The molecule has 0 radical (unpaired) electrons. The Morgan fingerprint density at radius 3 is 2.29 bits per heavy atom. The molecule has 0 aliphatic carbocycles. The Bertz CT molecular complexity index is 826. The van der Waals surface area contributed by atoms with Crippen LogP contribution in [0.5, 0.6) is 0 Å². The summed E-state index contributed by atoms with van der Waals surface area (Å²) >= 11 is 0. The fraction of sp³-hybridized carbons (Fsp3) is 0.429. The molecule has 4 rings (SSSR count). The monoisotopic (exact) mass is 395 g/mol. The molecule has 2 aliphatic heterocycles. The van der Waals surface area contributed by atoms with Crippen molar-refractivity contribution < 1.29 is 27.4 Å². The number of ether oxygens (including phenoxy) is 1. The molecule has 0 saturated carbocycles. The first kappa shape index (κ1) is 19.4. The van der Waals surface area contributed by atoms with Gasteiger partial charge in [-0.1, -0.05) is 36.4 Å². The lowest BCUT2D eigenvalue weighted by atomic mass is 9.75. The van der Waals surface area contributed by atoms with E-state index in [0.717, 1.165) is 17.7 Å². The van der Waals surface area contributed by atoms with Crippen molar-refractivity contribution in [2.45, 2.75) is 43.2 Å². The summed E-state index contributed by atoms with van der Waals surface area (Å²) in [5.74, 6) is -0.968. The van der Waals surface area contributed by atoms with Gasteiger partial charge in [0.15, 0.2) is 0 Å². The van der Waals surface area contributed by atoms with Gasteiger partial charge >= 0.3 is 6.18 Å². The summed E-state index contributed by atoms with van der Waals surface area (Å²) in [6, 6.07) is 11.9. The molecular weight excluding hydrogens is 374 g/mol. The molecule has 1 N–H and O–H groups in total. The van der Waals surface area contributed by atoms with Crippen molar-refractivity contribution in [1.29, 1.82) is 0 Å². The van der Waals surface area contributed by atoms with E-state index in [1.165, 1.54) is 0 Å². The summed E-state index contributed by atoms with van der Waals surface area (Å²) < 4.78 is 59.6. The van der Waals surface area contributed by atoms with Gasteiger partial charge in [0.25, 0.3) is 0 Å². The van der Waals surface area contributed by atoms with Gasteiger partial charge in [-0.2, -0.15) is 13.2 Å². The molecule has 2 heterocycles. The number of benzene rings is 2. The zero-order valence-electron chi connectivity index (χ0n) is 15.1. The second kappa shape index (κ2) is 7.13. The van der Waals surface area contributed by atoms with Gasteiger partial charge in [0.2, 0.25) is 0 Å². The van der Waals surface area contributed by atoms with Gasteiger partial charge < -0.3 is 9.84 Å². The van der Waals surface area contributed by atoms with E-state index in [2.05, 4.69) is 4.90 Å².